The molecule has 0 aromatic heterocycles. The Balaban J connectivity index is 3.46. The third-order valence-electron chi connectivity index (χ3n) is 2.74. The van der Waals surface area contributed by atoms with Crippen LogP contribution in [-0.2, 0) is 0 Å². The van der Waals surface area contributed by atoms with Gasteiger partial charge < -0.3 is 0 Å². The van der Waals surface area contributed by atoms with Crippen LogP contribution in [-0.4, -0.2) is 15.7 Å². The van der Waals surface area contributed by atoms with Crippen molar-refractivity contribution in [2.24, 2.45) is 0 Å². The van der Waals surface area contributed by atoms with Crippen LogP contribution < -0.4 is 10.9 Å². The first-order chi connectivity index (χ1) is 5.04. The molecule has 0 saturated carbocycles. The normalized spacial score (nSPS) is 10.1. The van der Waals surface area contributed by atoms with Gasteiger partial charge in [-0.2, -0.15) is 0 Å². The van der Waals surface area contributed by atoms with E-state index in [4.69, 9.17) is 0 Å². The van der Waals surface area contributed by atoms with Crippen molar-refractivity contribution >= 4 is 26.6 Å². The zero-order valence-electron chi connectivity index (χ0n) is 8.08. The first-order valence-corrected chi connectivity index (χ1v) is 4.08. The average Bonchev–Trinajstić information content (AvgIpc) is 1.97. The van der Waals surface area contributed by atoms with Crippen LogP contribution in [0.4, 0.5) is 0 Å². The molecule has 0 fully saturated rings. The lowest BCUT2D eigenvalue weighted by Crippen LogP contribution is -2.21. The SMILES string of the molecule is Bc1cc(C)c(B)c(C)c1C. The molecule has 0 bridgehead atoms. The van der Waals surface area contributed by atoms with Crippen LogP contribution in [0.2, 0.25) is 0 Å². The van der Waals surface area contributed by atoms with Gasteiger partial charge in [0.05, 0.1) is 0 Å². The number of rotatable bonds is 0. The second-order valence-electron chi connectivity index (χ2n) is 3.39. The fourth-order valence-electron chi connectivity index (χ4n) is 1.41. The largest absolute Gasteiger partial charge is 0.139 e. The molecule has 11 heavy (non-hydrogen) atoms. The van der Waals surface area contributed by atoms with Gasteiger partial charge in [0.2, 0.25) is 0 Å². The summed E-state index contributed by atoms with van der Waals surface area (Å²) in [5, 5.41) is 0. The molecule has 0 atom stereocenters. The highest BCUT2D eigenvalue weighted by Crippen LogP contribution is 2.01. The third-order valence-corrected chi connectivity index (χ3v) is 2.74. The lowest BCUT2D eigenvalue weighted by Gasteiger charge is -2.11. The monoisotopic (exact) mass is 144 g/mol. The zero-order valence-corrected chi connectivity index (χ0v) is 8.08. The Bertz CT molecular complexity index is 264. The Morgan fingerprint density at radius 3 is 2.09 bits per heavy atom. The Hall–Kier alpha value is -0.650. The van der Waals surface area contributed by atoms with Crippen molar-refractivity contribution in [2.75, 3.05) is 0 Å². The Labute approximate surface area is 70.8 Å². The highest BCUT2D eigenvalue weighted by Gasteiger charge is 2.02. The van der Waals surface area contributed by atoms with Crippen molar-refractivity contribution in [1.82, 2.24) is 0 Å². The van der Waals surface area contributed by atoms with Crippen LogP contribution in [0.3, 0.4) is 0 Å². The summed E-state index contributed by atoms with van der Waals surface area (Å²) in [6.07, 6.45) is 0. The molecule has 0 aliphatic carbocycles. The third kappa shape index (κ3) is 1.35. The van der Waals surface area contributed by atoms with Crippen molar-refractivity contribution in [3.8, 4) is 0 Å². The van der Waals surface area contributed by atoms with Gasteiger partial charge in [-0.3, -0.25) is 0 Å². The van der Waals surface area contributed by atoms with Gasteiger partial charge in [0.25, 0.3) is 0 Å². The smallest absolute Gasteiger partial charge is 0.0856 e. The van der Waals surface area contributed by atoms with E-state index < -0.39 is 0 Å². The molecule has 1 aromatic carbocycles. The Morgan fingerprint density at radius 2 is 1.55 bits per heavy atom. The molecule has 0 spiro atoms. The van der Waals surface area contributed by atoms with Crippen molar-refractivity contribution in [3.63, 3.8) is 0 Å². The number of hydrogen-bond acceptors (Lipinski definition) is 0. The molecule has 1 aromatic rings. The minimum Gasteiger partial charge on any atom is -0.0856 e. The summed E-state index contributed by atoms with van der Waals surface area (Å²) in [5.74, 6) is 0. The van der Waals surface area contributed by atoms with Crippen molar-refractivity contribution < 1.29 is 0 Å². The van der Waals surface area contributed by atoms with Gasteiger partial charge in [0.1, 0.15) is 15.7 Å². The van der Waals surface area contributed by atoms with Crippen molar-refractivity contribution in [1.29, 1.82) is 0 Å². The molecular formula is C9H14B2. The summed E-state index contributed by atoms with van der Waals surface area (Å²) in [6, 6.07) is 2.26. The summed E-state index contributed by atoms with van der Waals surface area (Å²) in [5.41, 5.74) is 7.14. The van der Waals surface area contributed by atoms with E-state index in [1.165, 1.54) is 27.6 Å². The lowest BCUT2D eigenvalue weighted by atomic mass is 9.78. The fraction of sp³-hybridized carbons (Fsp3) is 0.333. The van der Waals surface area contributed by atoms with Crippen LogP contribution in [0.5, 0.6) is 0 Å². The van der Waals surface area contributed by atoms with Gasteiger partial charge >= 0.3 is 0 Å². The first kappa shape index (κ1) is 8.45. The highest BCUT2D eigenvalue weighted by molar-refractivity contribution is 6.38. The predicted octanol–water partition coefficient (Wildman–Crippen LogP) is -0.871. The van der Waals surface area contributed by atoms with Gasteiger partial charge in [0.15, 0.2) is 0 Å². The van der Waals surface area contributed by atoms with Gasteiger partial charge in [-0.05, 0) is 20.8 Å². The molecule has 1 rings (SSSR count). The molecule has 0 nitrogen and oxygen atoms in total. The van der Waals surface area contributed by atoms with E-state index in [1.807, 2.05) is 0 Å². The van der Waals surface area contributed by atoms with Gasteiger partial charge in [-0.25, -0.2) is 0 Å². The van der Waals surface area contributed by atoms with Crippen LogP contribution in [0.1, 0.15) is 16.7 Å². The minimum absolute atomic E-state index is 1.41. The van der Waals surface area contributed by atoms with Gasteiger partial charge in [-0.15, -0.1) is 0 Å². The predicted molar refractivity (Wildman–Crippen MR) is 57.0 cm³/mol. The second kappa shape index (κ2) is 2.77. The van der Waals surface area contributed by atoms with E-state index in [0.29, 0.717) is 0 Å². The molecule has 0 radical (unpaired) electrons. The zero-order chi connectivity index (χ0) is 8.59. The maximum atomic E-state index is 2.26. The van der Waals surface area contributed by atoms with E-state index in [-0.39, 0.29) is 0 Å². The van der Waals surface area contributed by atoms with Crippen LogP contribution in [0.25, 0.3) is 0 Å². The maximum Gasteiger partial charge on any atom is 0.139 e. The molecule has 56 valence electrons. The average molecular weight is 144 g/mol. The number of hydrogen-bond donors (Lipinski definition) is 0. The Kier molecular flexibility index (Phi) is 2.12. The summed E-state index contributed by atoms with van der Waals surface area (Å²) in [6.45, 7) is 6.57. The summed E-state index contributed by atoms with van der Waals surface area (Å²) >= 11 is 0. The minimum atomic E-state index is 1.41. The highest BCUT2D eigenvalue weighted by atomic mass is 14.0. The van der Waals surface area contributed by atoms with Crippen molar-refractivity contribution in [3.05, 3.63) is 22.8 Å². The van der Waals surface area contributed by atoms with E-state index in [2.05, 4.69) is 42.5 Å². The maximum absolute atomic E-state index is 2.26. The number of aryl methyl sites for hydroxylation is 1. The van der Waals surface area contributed by atoms with Crippen LogP contribution in [0, 0.1) is 20.8 Å². The molecule has 0 aliphatic heterocycles. The van der Waals surface area contributed by atoms with E-state index in [1.54, 1.807) is 0 Å². The molecule has 0 unspecified atom stereocenters. The van der Waals surface area contributed by atoms with Crippen molar-refractivity contribution in [2.45, 2.75) is 20.8 Å². The first-order valence-electron chi connectivity index (χ1n) is 4.08. The molecule has 0 amide bonds. The van der Waals surface area contributed by atoms with Gasteiger partial charge in [0, 0.05) is 0 Å². The van der Waals surface area contributed by atoms with E-state index in [9.17, 15) is 0 Å². The van der Waals surface area contributed by atoms with Crippen LogP contribution >= 0.6 is 0 Å². The fourth-order valence-corrected chi connectivity index (χ4v) is 1.41. The molecule has 0 saturated heterocycles. The lowest BCUT2D eigenvalue weighted by molar-refractivity contribution is 1.36. The topological polar surface area (TPSA) is 0 Å². The van der Waals surface area contributed by atoms with E-state index >= 15 is 0 Å². The molecular weight excluding hydrogens is 130 g/mol. The van der Waals surface area contributed by atoms with E-state index in [0.717, 1.165) is 0 Å². The van der Waals surface area contributed by atoms with Gasteiger partial charge in [-0.1, -0.05) is 33.7 Å². The van der Waals surface area contributed by atoms with Crippen LogP contribution in [0.15, 0.2) is 6.07 Å². The molecule has 0 aliphatic rings. The summed E-state index contributed by atoms with van der Waals surface area (Å²) < 4.78 is 0. The summed E-state index contributed by atoms with van der Waals surface area (Å²) in [7, 11) is 4.37. The Morgan fingerprint density at radius 1 is 1.00 bits per heavy atom. The molecule has 2 heteroatoms. The standard InChI is InChI=1S/C9H14B2/c1-5-4-8(10)6(2)7(3)9(5)11/h4H,10-11H2,1-3H3. The second-order valence-corrected chi connectivity index (χ2v) is 3.39. The number of benzene rings is 1. The molecule has 0 heterocycles. The molecule has 0 N–H and O–H groups in total. The summed E-state index contributed by atoms with van der Waals surface area (Å²) in [4.78, 5) is 0. The quantitative estimate of drug-likeness (QED) is 0.415.